The Balaban J connectivity index is 2.19. The summed E-state index contributed by atoms with van der Waals surface area (Å²) in [5.74, 6) is 0.647. The lowest BCUT2D eigenvalue weighted by atomic mass is 9.77. The van der Waals surface area contributed by atoms with Gasteiger partial charge < -0.3 is 9.47 Å². The summed E-state index contributed by atoms with van der Waals surface area (Å²) in [5.41, 5.74) is 0.450. The fourth-order valence-electron chi connectivity index (χ4n) is 3.03. The standard InChI is InChI=1S/C11H20O2/c1-7-8(2)13-9(3)10(12-4)11(7)5-6-11/h7-10H,5-6H2,1-4H3/t7-,8?,9-,10-/m0/s1. The molecule has 0 N–H and O–H groups in total. The van der Waals surface area contributed by atoms with Crippen molar-refractivity contribution in [3.63, 3.8) is 0 Å². The lowest BCUT2D eigenvalue weighted by Crippen LogP contribution is -2.50. The Morgan fingerprint density at radius 1 is 1.15 bits per heavy atom. The van der Waals surface area contributed by atoms with Gasteiger partial charge in [-0.05, 0) is 32.6 Å². The monoisotopic (exact) mass is 184 g/mol. The van der Waals surface area contributed by atoms with E-state index in [1.807, 2.05) is 7.11 Å². The molecule has 4 atom stereocenters. The van der Waals surface area contributed by atoms with E-state index in [9.17, 15) is 0 Å². The second-order valence-corrected chi connectivity index (χ2v) is 4.72. The summed E-state index contributed by atoms with van der Waals surface area (Å²) in [5, 5.41) is 0. The summed E-state index contributed by atoms with van der Waals surface area (Å²) in [6.07, 6.45) is 3.62. The van der Waals surface area contributed by atoms with Gasteiger partial charge in [0.15, 0.2) is 0 Å². The number of ether oxygens (including phenoxy) is 2. The van der Waals surface area contributed by atoms with Gasteiger partial charge in [0, 0.05) is 12.5 Å². The zero-order valence-corrected chi connectivity index (χ0v) is 9.04. The lowest BCUT2D eigenvalue weighted by Gasteiger charge is -2.44. The van der Waals surface area contributed by atoms with Gasteiger partial charge in [-0.1, -0.05) is 6.92 Å². The fraction of sp³-hybridized carbons (Fsp3) is 1.00. The first-order valence-electron chi connectivity index (χ1n) is 5.30. The van der Waals surface area contributed by atoms with Gasteiger partial charge in [-0.2, -0.15) is 0 Å². The van der Waals surface area contributed by atoms with E-state index in [4.69, 9.17) is 9.47 Å². The van der Waals surface area contributed by atoms with E-state index >= 15 is 0 Å². The van der Waals surface area contributed by atoms with Crippen molar-refractivity contribution in [2.75, 3.05) is 7.11 Å². The van der Waals surface area contributed by atoms with Gasteiger partial charge in [0.05, 0.1) is 18.3 Å². The molecule has 76 valence electrons. The average Bonchev–Trinajstić information content (AvgIpc) is 2.83. The minimum Gasteiger partial charge on any atom is -0.378 e. The molecule has 2 fully saturated rings. The van der Waals surface area contributed by atoms with E-state index in [1.54, 1.807) is 0 Å². The molecular formula is C11H20O2. The van der Waals surface area contributed by atoms with Crippen molar-refractivity contribution in [2.45, 2.75) is 51.9 Å². The Morgan fingerprint density at radius 2 is 1.77 bits per heavy atom. The molecule has 1 aliphatic carbocycles. The molecule has 0 aromatic carbocycles. The summed E-state index contributed by atoms with van der Waals surface area (Å²) in [4.78, 5) is 0. The number of methoxy groups -OCH3 is 1. The predicted molar refractivity (Wildman–Crippen MR) is 51.6 cm³/mol. The quantitative estimate of drug-likeness (QED) is 0.622. The molecule has 2 rings (SSSR count). The van der Waals surface area contributed by atoms with E-state index in [2.05, 4.69) is 20.8 Å². The normalized spacial score (nSPS) is 48.0. The van der Waals surface area contributed by atoms with Crippen LogP contribution in [0.5, 0.6) is 0 Å². The van der Waals surface area contributed by atoms with Crippen LogP contribution in [0.2, 0.25) is 0 Å². The highest BCUT2D eigenvalue weighted by Gasteiger charge is 2.59. The van der Waals surface area contributed by atoms with E-state index in [0.29, 0.717) is 23.5 Å². The maximum Gasteiger partial charge on any atom is 0.0889 e. The molecule has 1 saturated carbocycles. The summed E-state index contributed by atoms with van der Waals surface area (Å²) < 4.78 is 11.4. The van der Waals surface area contributed by atoms with Gasteiger partial charge >= 0.3 is 0 Å². The zero-order valence-electron chi connectivity index (χ0n) is 9.04. The highest BCUT2D eigenvalue weighted by Crippen LogP contribution is 2.60. The SMILES string of the molecule is CO[C@H]1[C@H](C)OC(C)[C@H](C)C12CC2. The summed E-state index contributed by atoms with van der Waals surface area (Å²) in [7, 11) is 1.81. The first-order valence-corrected chi connectivity index (χ1v) is 5.30. The van der Waals surface area contributed by atoms with Gasteiger partial charge in [0.25, 0.3) is 0 Å². The number of rotatable bonds is 1. The van der Waals surface area contributed by atoms with Crippen molar-refractivity contribution >= 4 is 0 Å². The van der Waals surface area contributed by atoms with E-state index in [-0.39, 0.29) is 6.10 Å². The lowest BCUT2D eigenvalue weighted by molar-refractivity contribution is -0.179. The largest absolute Gasteiger partial charge is 0.378 e. The second-order valence-electron chi connectivity index (χ2n) is 4.72. The molecule has 1 aliphatic heterocycles. The maximum absolute atomic E-state index is 5.85. The molecule has 0 radical (unpaired) electrons. The third-order valence-corrected chi connectivity index (χ3v) is 4.11. The minimum atomic E-state index is 0.263. The van der Waals surface area contributed by atoms with Crippen LogP contribution in [-0.4, -0.2) is 25.4 Å². The van der Waals surface area contributed by atoms with Gasteiger partial charge in [0.1, 0.15) is 0 Å². The van der Waals surface area contributed by atoms with Crippen molar-refractivity contribution in [3.05, 3.63) is 0 Å². The highest BCUT2D eigenvalue weighted by atomic mass is 16.5. The van der Waals surface area contributed by atoms with Gasteiger partial charge in [-0.15, -0.1) is 0 Å². The summed E-state index contributed by atoms with van der Waals surface area (Å²) in [6, 6.07) is 0. The van der Waals surface area contributed by atoms with Crippen molar-refractivity contribution in [1.82, 2.24) is 0 Å². The van der Waals surface area contributed by atoms with Crippen LogP contribution >= 0.6 is 0 Å². The van der Waals surface area contributed by atoms with Crippen molar-refractivity contribution in [2.24, 2.45) is 11.3 Å². The minimum absolute atomic E-state index is 0.263. The third kappa shape index (κ3) is 1.23. The van der Waals surface area contributed by atoms with Crippen LogP contribution in [0.4, 0.5) is 0 Å². The smallest absolute Gasteiger partial charge is 0.0889 e. The molecule has 0 aromatic rings. The van der Waals surface area contributed by atoms with Crippen LogP contribution in [0.3, 0.4) is 0 Å². The Kier molecular flexibility index (Phi) is 2.16. The van der Waals surface area contributed by atoms with E-state index in [0.717, 1.165) is 0 Å². The van der Waals surface area contributed by atoms with Gasteiger partial charge in [-0.25, -0.2) is 0 Å². The maximum atomic E-state index is 5.85. The molecule has 0 amide bonds. The first kappa shape index (κ1) is 9.47. The second kappa shape index (κ2) is 2.96. The third-order valence-electron chi connectivity index (χ3n) is 4.11. The number of hydrogen-bond donors (Lipinski definition) is 0. The van der Waals surface area contributed by atoms with E-state index < -0.39 is 0 Å². The molecule has 13 heavy (non-hydrogen) atoms. The zero-order chi connectivity index (χ0) is 9.64. The Hall–Kier alpha value is -0.0800. The summed E-state index contributed by atoms with van der Waals surface area (Å²) in [6.45, 7) is 6.62. The van der Waals surface area contributed by atoms with Crippen molar-refractivity contribution < 1.29 is 9.47 Å². The molecule has 1 saturated heterocycles. The molecule has 1 unspecified atom stereocenters. The molecule has 2 heteroatoms. The predicted octanol–water partition coefficient (Wildman–Crippen LogP) is 2.22. The van der Waals surface area contributed by atoms with Crippen LogP contribution in [-0.2, 0) is 9.47 Å². The Labute approximate surface area is 80.6 Å². The van der Waals surface area contributed by atoms with Gasteiger partial charge in [0.2, 0.25) is 0 Å². The van der Waals surface area contributed by atoms with Crippen molar-refractivity contribution in [3.8, 4) is 0 Å². The fourth-order valence-corrected chi connectivity index (χ4v) is 3.03. The van der Waals surface area contributed by atoms with Crippen molar-refractivity contribution in [1.29, 1.82) is 0 Å². The molecule has 1 heterocycles. The van der Waals surface area contributed by atoms with Crippen LogP contribution in [0.15, 0.2) is 0 Å². The highest BCUT2D eigenvalue weighted by molar-refractivity contribution is 5.08. The Morgan fingerprint density at radius 3 is 2.23 bits per heavy atom. The molecule has 2 aliphatic rings. The number of hydrogen-bond acceptors (Lipinski definition) is 2. The van der Waals surface area contributed by atoms with E-state index in [1.165, 1.54) is 12.8 Å². The average molecular weight is 184 g/mol. The van der Waals surface area contributed by atoms with Crippen LogP contribution in [0.1, 0.15) is 33.6 Å². The molecule has 0 aromatic heterocycles. The molecule has 1 spiro atoms. The van der Waals surface area contributed by atoms with Crippen LogP contribution in [0.25, 0.3) is 0 Å². The summed E-state index contributed by atoms with van der Waals surface area (Å²) >= 11 is 0. The molecule has 2 nitrogen and oxygen atoms in total. The molecular weight excluding hydrogens is 164 g/mol. The Bertz CT molecular complexity index is 198. The molecule has 0 bridgehead atoms. The van der Waals surface area contributed by atoms with Crippen LogP contribution < -0.4 is 0 Å². The first-order chi connectivity index (χ1) is 6.12. The van der Waals surface area contributed by atoms with Gasteiger partial charge in [-0.3, -0.25) is 0 Å². The van der Waals surface area contributed by atoms with Crippen LogP contribution in [0, 0.1) is 11.3 Å². The topological polar surface area (TPSA) is 18.5 Å².